The third kappa shape index (κ3) is 5.74. The van der Waals surface area contributed by atoms with Crippen molar-refractivity contribution >= 4 is 0 Å². The fourth-order valence-electron chi connectivity index (χ4n) is 3.00. The van der Waals surface area contributed by atoms with Gasteiger partial charge in [0.1, 0.15) is 30.0 Å². The molecule has 0 aliphatic heterocycles. The molecule has 0 amide bonds. The van der Waals surface area contributed by atoms with Crippen molar-refractivity contribution in [1.29, 1.82) is 0 Å². The maximum atomic E-state index is 10.2. The van der Waals surface area contributed by atoms with Crippen molar-refractivity contribution in [2.45, 2.75) is 12.0 Å². The van der Waals surface area contributed by atoms with Crippen molar-refractivity contribution in [2.75, 3.05) is 19.7 Å². The van der Waals surface area contributed by atoms with Crippen LogP contribution in [-0.2, 0) is 0 Å². The molecule has 0 heterocycles. The Balaban J connectivity index is 1.58. The summed E-state index contributed by atoms with van der Waals surface area (Å²) in [6, 6.07) is 23.5. The highest BCUT2D eigenvalue weighted by Gasteiger charge is 2.15. The minimum atomic E-state index is -0.638. The van der Waals surface area contributed by atoms with Crippen LogP contribution >= 0.6 is 0 Å². The highest BCUT2D eigenvalue weighted by atomic mass is 16.5. The Morgan fingerprint density at radius 3 is 1.79 bits per heavy atom. The van der Waals surface area contributed by atoms with Gasteiger partial charge in [-0.1, -0.05) is 42.5 Å². The molecule has 5 nitrogen and oxygen atoms in total. The molecule has 4 N–H and O–H groups in total. The third-order valence-electron chi connectivity index (χ3n) is 4.50. The van der Waals surface area contributed by atoms with Gasteiger partial charge in [0.05, 0.1) is 0 Å². The molecule has 0 aliphatic rings. The molecular formula is C23H25NO4. The molecule has 0 fully saturated rings. The standard InChI is InChI=1S/C23H25NO4/c25-19-10-6-17(7-11-19)23(18-8-12-20(26)13-9-18)15-24-14-21(27)16-28-22-4-2-1-3-5-22/h1-13,21,23-27H,14-16H2. The van der Waals surface area contributed by atoms with Crippen LogP contribution in [0.25, 0.3) is 0 Å². The lowest BCUT2D eigenvalue weighted by Crippen LogP contribution is -2.34. The van der Waals surface area contributed by atoms with Crippen molar-refractivity contribution in [2.24, 2.45) is 0 Å². The molecule has 28 heavy (non-hydrogen) atoms. The second-order valence-corrected chi connectivity index (χ2v) is 6.67. The highest BCUT2D eigenvalue weighted by Crippen LogP contribution is 2.27. The van der Waals surface area contributed by atoms with Gasteiger partial charge in [-0.15, -0.1) is 0 Å². The first-order valence-corrected chi connectivity index (χ1v) is 9.26. The number of aromatic hydroxyl groups is 2. The summed E-state index contributed by atoms with van der Waals surface area (Å²) in [5.74, 6) is 1.18. The molecule has 1 atom stereocenters. The number of hydrogen-bond donors (Lipinski definition) is 4. The molecule has 0 aromatic heterocycles. The molecule has 146 valence electrons. The normalized spacial score (nSPS) is 12.1. The Morgan fingerprint density at radius 1 is 0.714 bits per heavy atom. The van der Waals surface area contributed by atoms with Gasteiger partial charge >= 0.3 is 0 Å². The van der Waals surface area contributed by atoms with Crippen LogP contribution < -0.4 is 10.1 Å². The fraction of sp³-hybridized carbons (Fsp3) is 0.217. The fourth-order valence-corrected chi connectivity index (χ4v) is 3.00. The number of aliphatic hydroxyl groups excluding tert-OH is 1. The van der Waals surface area contributed by atoms with Crippen LogP contribution in [0.2, 0.25) is 0 Å². The van der Waals surface area contributed by atoms with E-state index in [0.29, 0.717) is 13.1 Å². The zero-order valence-electron chi connectivity index (χ0n) is 15.5. The average molecular weight is 379 g/mol. The molecule has 0 saturated heterocycles. The summed E-state index contributed by atoms with van der Waals surface area (Å²) in [6.45, 7) is 1.19. The maximum absolute atomic E-state index is 10.2. The summed E-state index contributed by atoms with van der Waals surface area (Å²) in [6.07, 6.45) is -0.638. The number of phenols is 2. The lowest BCUT2D eigenvalue weighted by molar-refractivity contribution is 0.106. The van der Waals surface area contributed by atoms with Gasteiger partial charge in [-0.25, -0.2) is 0 Å². The van der Waals surface area contributed by atoms with Crippen molar-refractivity contribution < 1.29 is 20.1 Å². The van der Waals surface area contributed by atoms with E-state index < -0.39 is 6.10 Å². The first-order chi connectivity index (χ1) is 13.6. The molecule has 3 rings (SSSR count). The van der Waals surface area contributed by atoms with Crippen LogP contribution in [0.4, 0.5) is 0 Å². The SMILES string of the molecule is Oc1ccc(C(CNCC(O)COc2ccccc2)c2ccc(O)cc2)cc1. The molecule has 0 spiro atoms. The summed E-state index contributed by atoms with van der Waals surface area (Å²) in [4.78, 5) is 0. The smallest absolute Gasteiger partial charge is 0.119 e. The van der Waals surface area contributed by atoms with Crippen LogP contribution in [0.3, 0.4) is 0 Å². The third-order valence-corrected chi connectivity index (χ3v) is 4.50. The largest absolute Gasteiger partial charge is 0.508 e. The van der Waals surface area contributed by atoms with E-state index in [9.17, 15) is 15.3 Å². The second-order valence-electron chi connectivity index (χ2n) is 6.67. The molecule has 0 radical (unpaired) electrons. The molecule has 3 aromatic carbocycles. The van der Waals surface area contributed by atoms with E-state index in [2.05, 4.69) is 5.32 Å². The van der Waals surface area contributed by atoms with Gasteiger partial charge in [0.15, 0.2) is 0 Å². The Kier molecular flexibility index (Phi) is 6.89. The number of para-hydroxylation sites is 1. The molecule has 5 heteroatoms. The van der Waals surface area contributed by atoms with Gasteiger partial charge in [-0.3, -0.25) is 0 Å². The van der Waals surface area contributed by atoms with Crippen molar-refractivity contribution in [3.05, 3.63) is 90.0 Å². The molecule has 0 aliphatic carbocycles. The molecule has 1 unspecified atom stereocenters. The van der Waals surface area contributed by atoms with E-state index in [0.717, 1.165) is 16.9 Å². The number of benzene rings is 3. The minimum absolute atomic E-state index is 0.0171. The van der Waals surface area contributed by atoms with Crippen molar-refractivity contribution in [3.8, 4) is 17.2 Å². The Labute approximate surface area is 164 Å². The second kappa shape index (κ2) is 9.78. The summed E-state index contributed by atoms with van der Waals surface area (Å²) >= 11 is 0. The Bertz CT molecular complexity index is 789. The number of ether oxygens (including phenoxy) is 1. The zero-order valence-corrected chi connectivity index (χ0v) is 15.5. The number of phenolic OH excluding ortho intramolecular Hbond substituents is 2. The van der Waals surface area contributed by atoms with Gasteiger partial charge in [-0.05, 0) is 47.5 Å². The van der Waals surface area contributed by atoms with E-state index in [1.54, 1.807) is 24.3 Å². The minimum Gasteiger partial charge on any atom is -0.508 e. The van der Waals surface area contributed by atoms with E-state index >= 15 is 0 Å². The summed E-state index contributed by atoms with van der Waals surface area (Å²) < 4.78 is 5.58. The van der Waals surface area contributed by atoms with Crippen LogP contribution in [0.15, 0.2) is 78.9 Å². The van der Waals surface area contributed by atoms with Crippen LogP contribution in [-0.4, -0.2) is 41.1 Å². The number of nitrogens with one attached hydrogen (secondary N) is 1. The number of hydrogen-bond acceptors (Lipinski definition) is 5. The van der Waals surface area contributed by atoms with E-state index in [1.807, 2.05) is 54.6 Å². The van der Waals surface area contributed by atoms with E-state index in [4.69, 9.17) is 4.74 Å². The van der Waals surface area contributed by atoms with Gasteiger partial charge < -0.3 is 25.4 Å². The van der Waals surface area contributed by atoms with Gasteiger partial charge in [0.2, 0.25) is 0 Å². The zero-order chi connectivity index (χ0) is 19.8. The highest BCUT2D eigenvalue weighted by molar-refractivity contribution is 5.38. The Hall–Kier alpha value is -3.02. The number of aliphatic hydroxyl groups is 1. The van der Waals surface area contributed by atoms with E-state index in [-0.39, 0.29) is 24.0 Å². The van der Waals surface area contributed by atoms with Crippen molar-refractivity contribution in [3.63, 3.8) is 0 Å². The molecule has 3 aromatic rings. The summed E-state index contributed by atoms with van der Waals surface area (Å²) in [5, 5.41) is 32.6. The van der Waals surface area contributed by atoms with Gasteiger partial charge in [0.25, 0.3) is 0 Å². The lowest BCUT2D eigenvalue weighted by Gasteiger charge is -2.20. The molecule has 0 bridgehead atoms. The first-order valence-electron chi connectivity index (χ1n) is 9.26. The first kappa shape index (κ1) is 19.7. The van der Waals surface area contributed by atoms with Crippen LogP contribution in [0.1, 0.15) is 17.0 Å². The lowest BCUT2D eigenvalue weighted by atomic mass is 9.91. The van der Waals surface area contributed by atoms with E-state index in [1.165, 1.54) is 0 Å². The van der Waals surface area contributed by atoms with Gasteiger partial charge in [-0.2, -0.15) is 0 Å². The van der Waals surface area contributed by atoms with Crippen molar-refractivity contribution in [1.82, 2.24) is 5.32 Å². The quantitative estimate of drug-likeness (QED) is 0.459. The van der Waals surface area contributed by atoms with Crippen LogP contribution in [0, 0.1) is 0 Å². The average Bonchev–Trinajstić information content (AvgIpc) is 2.72. The molecule has 0 saturated carbocycles. The predicted octanol–water partition coefficient (Wildman–Crippen LogP) is 3.26. The molecular weight excluding hydrogens is 354 g/mol. The maximum Gasteiger partial charge on any atom is 0.119 e. The van der Waals surface area contributed by atoms with Gasteiger partial charge in [0, 0.05) is 19.0 Å². The van der Waals surface area contributed by atoms with Crippen LogP contribution in [0.5, 0.6) is 17.2 Å². The topological polar surface area (TPSA) is 82.0 Å². The summed E-state index contributed by atoms with van der Waals surface area (Å²) in [5.41, 5.74) is 2.07. The Morgan fingerprint density at radius 2 is 1.25 bits per heavy atom. The number of rotatable bonds is 9. The monoisotopic (exact) mass is 379 g/mol. The predicted molar refractivity (Wildman–Crippen MR) is 109 cm³/mol. The summed E-state index contributed by atoms with van der Waals surface area (Å²) in [7, 11) is 0.